The van der Waals surface area contributed by atoms with E-state index in [1.807, 2.05) is 0 Å². The summed E-state index contributed by atoms with van der Waals surface area (Å²) in [7, 11) is 0. The molecule has 0 aromatic carbocycles. The smallest absolute Gasteiger partial charge is 0.239 e. The third-order valence-corrected chi connectivity index (χ3v) is 4.64. The van der Waals surface area contributed by atoms with Gasteiger partial charge >= 0.3 is 0 Å². The number of unbranched alkanes of at least 4 members (excludes halogenated alkanes) is 1. The first-order chi connectivity index (χ1) is 9.22. The summed E-state index contributed by atoms with van der Waals surface area (Å²) in [5.74, 6) is 0.957. The molecule has 0 bridgehead atoms. The minimum absolute atomic E-state index is 0.224. The Balaban J connectivity index is 1.85. The van der Waals surface area contributed by atoms with Crippen LogP contribution in [0.4, 0.5) is 0 Å². The molecule has 0 saturated heterocycles. The van der Waals surface area contributed by atoms with Gasteiger partial charge in [0.1, 0.15) is 0 Å². The molecule has 2 aliphatic rings. The summed E-state index contributed by atoms with van der Waals surface area (Å²) in [6.07, 6.45) is 12.1. The van der Waals surface area contributed by atoms with Gasteiger partial charge in [0, 0.05) is 12.6 Å². The number of carbonyl (C=O) groups is 1. The Morgan fingerprint density at radius 2 is 1.89 bits per heavy atom. The summed E-state index contributed by atoms with van der Waals surface area (Å²) in [6, 6.07) is 0.256. The molecule has 0 spiro atoms. The van der Waals surface area contributed by atoms with E-state index in [1.54, 1.807) is 0 Å². The van der Waals surface area contributed by atoms with E-state index in [2.05, 4.69) is 11.8 Å². The average Bonchev–Trinajstić information content (AvgIpc) is 3.27. The maximum absolute atomic E-state index is 12.5. The number of rotatable bonds is 7. The highest BCUT2D eigenvalue weighted by molar-refractivity contribution is 5.82. The number of carbonyl (C=O) groups excluding carboxylic acids is 1. The molecule has 110 valence electrons. The van der Waals surface area contributed by atoms with E-state index in [9.17, 15) is 4.79 Å². The van der Waals surface area contributed by atoms with Gasteiger partial charge in [0.05, 0.1) is 6.04 Å². The zero-order valence-corrected chi connectivity index (χ0v) is 12.4. The highest BCUT2D eigenvalue weighted by atomic mass is 16.2. The van der Waals surface area contributed by atoms with Crippen molar-refractivity contribution < 1.29 is 4.79 Å². The van der Waals surface area contributed by atoms with E-state index >= 15 is 0 Å². The fraction of sp³-hybridized carbons (Fsp3) is 0.938. The van der Waals surface area contributed by atoms with E-state index in [-0.39, 0.29) is 11.9 Å². The summed E-state index contributed by atoms with van der Waals surface area (Å²) >= 11 is 0. The van der Waals surface area contributed by atoms with Crippen LogP contribution in [0.1, 0.15) is 71.1 Å². The second kappa shape index (κ2) is 7.28. The Kier molecular flexibility index (Phi) is 5.68. The van der Waals surface area contributed by atoms with Gasteiger partial charge in [-0.25, -0.2) is 0 Å². The minimum atomic E-state index is -0.260. The molecular weight excluding hydrogens is 236 g/mol. The molecular formula is C16H30N2O. The molecule has 2 rings (SSSR count). The van der Waals surface area contributed by atoms with Gasteiger partial charge < -0.3 is 10.6 Å². The van der Waals surface area contributed by atoms with Crippen molar-refractivity contribution in [3.8, 4) is 0 Å². The number of hydrogen-bond donors (Lipinski definition) is 1. The van der Waals surface area contributed by atoms with Gasteiger partial charge in [0.25, 0.3) is 0 Å². The first-order valence-electron chi connectivity index (χ1n) is 8.28. The predicted molar refractivity (Wildman–Crippen MR) is 78.8 cm³/mol. The van der Waals surface area contributed by atoms with Crippen LogP contribution >= 0.6 is 0 Å². The highest BCUT2D eigenvalue weighted by Gasteiger charge is 2.35. The first-order valence-corrected chi connectivity index (χ1v) is 8.28. The Hall–Kier alpha value is -0.570. The van der Waals surface area contributed by atoms with E-state index in [0.29, 0.717) is 6.04 Å². The molecule has 1 amide bonds. The van der Waals surface area contributed by atoms with Crippen LogP contribution in [0.25, 0.3) is 0 Å². The molecule has 2 aliphatic carbocycles. The number of amides is 1. The van der Waals surface area contributed by atoms with Crippen molar-refractivity contribution in [2.45, 2.75) is 83.2 Å². The van der Waals surface area contributed by atoms with Crippen LogP contribution in [0.3, 0.4) is 0 Å². The summed E-state index contributed by atoms with van der Waals surface area (Å²) in [4.78, 5) is 14.6. The zero-order chi connectivity index (χ0) is 13.7. The molecule has 2 N–H and O–H groups in total. The summed E-state index contributed by atoms with van der Waals surface area (Å²) < 4.78 is 0. The zero-order valence-electron chi connectivity index (χ0n) is 12.4. The summed E-state index contributed by atoms with van der Waals surface area (Å²) in [6.45, 7) is 3.13. The van der Waals surface area contributed by atoms with Crippen molar-refractivity contribution in [2.24, 2.45) is 11.7 Å². The van der Waals surface area contributed by atoms with Crippen molar-refractivity contribution in [1.29, 1.82) is 0 Å². The second-order valence-corrected chi connectivity index (χ2v) is 6.47. The minimum Gasteiger partial charge on any atom is -0.338 e. The van der Waals surface area contributed by atoms with Crippen LogP contribution in [0.5, 0.6) is 0 Å². The molecule has 0 aromatic rings. The number of nitrogens with zero attached hydrogens (tertiary/aromatic N) is 1. The fourth-order valence-electron chi connectivity index (χ4n) is 3.21. The fourth-order valence-corrected chi connectivity index (χ4v) is 3.21. The van der Waals surface area contributed by atoms with Gasteiger partial charge in [-0.2, -0.15) is 0 Å². The van der Waals surface area contributed by atoms with Crippen LogP contribution in [-0.4, -0.2) is 29.4 Å². The van der Waals surface area contributed by atoms with Crippen LogP contribution in [0.15, 0.2) is 0 Å². The Bertz CT molecular complexity index is 282. The van der Waals surface area contributed by atoms with Gasteiger partial charge in [-0.05, 0) is 38.0 Å². The van der Waals surface area contributed by atoms with Gasteiger partial charge in [0.2, 0.25) is 5.91 Å². The third kappa shape index (κ3) is 4.48. The van der Waals surface area contributed by atoms with E-state index in [4.69, 9.17) is 5.73 Å². The van der Waals surface area contributed by atoms with Crippen LogP contribution in [0, 0.1) is 5.92 Å². The van der Waals surface area contributed by atoms with Crippen molar-refractivity contribution in [3.63, 3.8) is 0 Å². The molecule has 0 heterocycles. The largest absolute Gasteiger partial charge is 0.338 e. The van der Waals surface area contributed by atoms with Crippen molar-refractivity contribution >= 4 is 5.91 Å². The predicted octanol–water partition coefficient (Wildman–Crippen LogP) is 3.08. The Labute approximate surface area is 117 Å². The lowest BCUT2D eigenvalue weighted by Gasteiger charge is -2.31. The molecule has 1 unspecified atom stereocenters. The quantitative estimate of drug-likeness (QED) is 0.769. The standard InChI is InChI=1S/C16H30N2O/c1-2-3-9-15(17)16(19)18(14-10-11-14)12-13-7-5-4-6-8-13/h13-15H,2-12,17H2,1H3. The van der Waals surface area contributed by atoms with Gasteiger partial charge in [-0.3, -0.25) is 4.79 Å². The lowest BCUT2D eigenvalue weighted by atomic mass is 9.88. The second-order valence-electron chi connectivity index (χ2n) is 6.47. The molecule has 0 aromatic heterocycles. The lowest BCUT2D eigenvalue weighted by Crippen LogP contribution is -2.47. The molecule has 3 nitrogen and oxygen atoms in total. The van der Waals surface area contributed by atoms with Crippen LogP contribution < -0.4 is 5.73 Å². The average molecular weight is 266 g/mol. The molecule has 2 saturated carbocycles. The highest BCUT2D eigenvalue weighted by Crippen LogP contribution is 2.31. The van der Waals surface area contributed by atoms with Gasteiger partial charge in [-0.15, -0.1) is 0 Å². The van der Waals surface area contributed by atoms with Crippen LogP contribution in [0.2, 0.25) is 0 Å². The van der Waals surface area contributed by atoms with Crippen molar-refractivity contribution in [3.05, 3.63) is 0 Å². The summed E-state index contributed by atoms with van der Waals surface area (Å²) in [5, 5.41) is 0. The van der Waals surface area contributed by atoms with E-state index in [0.717, 1.165) is 31.7 Å². The van der Waals surface area contributed by atoms with Crippen molar-refractivity contribution in [2.75, 3.05) is 6.54 Å². The topological polar surface area (TPSA) is 46.3 Å². The Morgan fingerprint density at radius 1 is 1.21 bits per heavy atom. The van der Waals surface area contributed by atoms with E-state index in [1.165, 1.54) is 44.9 Å². The molecule has 3 heteroatoms. The van der Waals surface area contributed by atoms with Crippen LogP contribution in [-0.2, 0) is 4.79 Å². The molecule has 0 aliphatic heterocycles. The number of hydrogen-bond acceptors (Lipinski definition) is 2. The summed E-state index contributed by atoms with van der Waals surface area (Å²) in [5.41, 5.74) is 6.08. The van der Waals surface area contributed by atoms with Gasteiger partial charge in [-0.1, -0.05) is 39.0 Å². The number of nitrogens with two attached hydrogens (primary N) is 1. The third-order valence-electron chi connectivity index (χ3n) is 4.64. The monoisotopic (exact) mass is 266 g/mol. The molecule has 0 radical (unpaired) electrons. The van der Waals surface area contributed by atoms with Crippen molar-refractivity contribution in [1.82, 2.24) is 4.90 Å². The lowest BCUT2D eigenvalue weighted by molar-refractivity contribution is -0.134. The maximum atomic E-state index is 12.5. The maximum Gasteiger partial charge on any atom is 0.239 e. The molecule has 19 heavy (non-hydrogen) atoms. The Morgan fingerprint density at radius 3 is 2.47 bits per heavy atom. The SMILES string of the molecule is CCCCC(N)C(=O)N(CC1CCCCC1)C1CC1. The van der Waals surface area contributed by atoms with E-state index < -0.39 is 0 Å². The molecule has 2 fully saturated rings. The van der Waals surface area contributed by atoms with Gasteiger partial charge in [0.15, 0.2) is 0 Å². The normalized spacial score (nSPS) is 22.2. The first kappa shape index (κ1) is 14.8. The molecule has 1 atom stereocenters.